The zero-order valence-corrected chi connectivity index (χ0v) is 23.9. The van der Waals surface area contributed by atoms with Crippen LogP contribution in [0.4, 0.5) is 0 Å². The third kappa shape index (κ3) is 11.1. The topological polar surface area (TPSA) is 153 Å². The first-order chi connectivity index (χ1) is 15.0. The van der Waals surface area contributed by atoms with Gasteiger partial charge in [0.25, 0.3) is 5.91 Å². The predicted molar refractivity (Wildman–Crippen MR) is 128 cm³/mol. The second kappa shape index (κ2) is 12.3. The van der Waals surface area contributed by atoms with Gasteiger partial charge in [0.1, 0.15) is 24.9 Å². The van der Waals surface area contributed by atoms with Crippen molar-refractivity contribution >= 4 is 37.1 Å². The molecule has 11 nitrogen and oxygen atoms in total. The number of amides is 1. The fourth-order valence-electron chi connectivity index (χ4n) is 3.53. The first kappa shape index (κ1) is 30.3. The molecular formula is C19H41NO10Si3. The van der Waals surface area contributed by atoms with Crippen molar-refractivity contribution in [3.63, 3.8) is 0 Å². The van der Waals surface area contributed by atoms with Crippen molar-refractivity contribution in [3.05, 3.63) is 0 Å². The minimum absolute atomic E-state index is 0.134. The van der Waals surface area contributed by atoms with Crippen molar-refractivity contribution in [1.29, 1.82) is 0 Å². The van der Waals surface area contributed by atoms with Crippen LogP contribution < -0.4 is 5.32 Å². The van der Waals surface area contributed by atoms with Gasteiger partial charge in [-0.25, -0.2) is 0 Å². The van der Waals surface area contributed by atoms with Gasteiger partial charge in [0.15, 0.2) is 29.0 Å². The van der Waals surface area contributed by atoms with Gasteiger partial charge >= 0.3 is 14.5 Å². The molecule has 0 radical (unpaired) electrons. The Morgan fingerprint density at radius 2 is 1.61 bits per heavy atom. The van der Waals surface area contributed by atoms with Crippen LogP contribution in [0.15, 0.2) is 0 Å². The minimum Gasteiger partial charge on any atom is -0.468 e. The van der Waals surface area contributed by atoms with Gasteiger partial charge in [-0.2, -0.15) is 0 Å². The molecule has 1 unspecified atom stereocenters. The molecule has 5 atom stereocenters. The largest absolute Gasteiger partial charge is 0.468 e. The van der Waals surface area contributed by atoms with Crippen LogP contribution in [-0.4, -0.2) is 103 Å². The van der Waals surface area contributed by atoms with E-state index >= 15 is 0 Å². The third-order valence-electron chi connectivity index (χ3n) is 4.58. The molecule has 0 aliphatic carbocycles. The molecule has 33 heavy (non-hydrogen) atoms. The van der Waals surface area contributed by atoms with Crippen molar-refractivity contribution in [2.24, 2.45) is 0 Å². The number of rotatable bonds is 12. The number of nitrogens with one attached hydrogen (secondary N) is 1. The quantitative estimate of drug-likeness (QED) is 0.205. The summed E-state index contributed by atoms with van der Waals surface area (Å²) in [5.74, 6) is -1.69. The van der Waals surface area contributed by atoms with Gasteiger partial charge in [-0.05, 0) is 51.9 Å². The SMILES string of the molecule is COC(=O)CNC(=O)[C@H](O)[C@@H](O)[C@@H]1OC(CC[Si](C)(O[Si](C)(C)C)O[Si](C)(C)C)OC[C@H]1O. The highest BCUT2D eigenvalue weighted by Gasteiger charge is 2.44. The van der Waals surface area contributed by atoms with E-state index in [1.165, 1.54) is 0 Å². The van der Waals surface area contributed by atoms with Gasteiger partial charge in [-0.15, -0.1) is 0 Å². The van der Waals surface area contributed by atoms with E-state index in [-0.39, 0.29) is 6.61 Å². The van der Waals surface area contributed by atoms with Gasteiger partial charge < -0.3 is 43.1 Å². The number of hydrogen-bond donors (Lipinski definition) is 4. The molecule has 1 saturated heterocycles. The molecule has 0 bridgehead atoms. The Kier molecular flexibility index (Phi) is 11.3. The second-order valence-corrected chi connectivity index (χ2v) is 23.1. The molecule has 0 saturated carbocycles. The monoisotopic (exact) mass is 527 g/mol. The Balaban J connectivity index is 2.79. The highest BCUT2D eigenvalue weighted by atomic mass is 28.5. The van der Waals surface area contributed by atoms with Crippen LogP contribution in [0.25, 0.3) is 0 Å². The smallest absolute Gasteiger partial charge is 0.325 e. The second-order valence-electron chi connectivity index (χ2n) is 10.3. The van der Waals surface area contributed by atoms with Crippen LogP contribution in [0.3, 0.4) is 0 Å². The Labute approximate surface area is 199 Å². The first-order valence-corrected chi connectivity index (χ1v) is 20.4. The molecule has 1 heterocycles. The molecule has 14 heteroatoms. The Hall–Kier alpha value is -0.689. The van der Waals surface area contributed by atoms with E-state index in [9.17, 15) is 24.9 Å². The molecule has 194 valence electrons. The van der Waals surface area contributed by atoms with Crippen molar-refractivity contribution in [2.45, 2.75) is 89.0 Å². The summed E-state index contributed by atoms with van der Waals surface area (Å²) < 4.78 is 28.6. The summed E-state index contributed by atoms with van der Waals surface area (Å²) in [5.41, 5.74) is 0. The van der Waals surface area contributed by atoms with E-state index in [4.69, 9.17) is 17.7 Å². The number of carbonyl (C=O) groups is 2. The number of methoxy groups -OCH3 is 1. The van der Waals surface area contributed by atoms with Crippen LogP contribution in [0.1, 0.15) is 6.42 Å². The number of aliphatic hydroxyl groups is 3. The number of esters is 1. The highest BCUT2D eigenvalue weighted by Crippen LogP contribution is 2.29. The summed E-state index contributed by atoms with van der Waals surface area (Å²) in [6.45, 7) is 14.1. The normalized spacial score (nSPS) is 24.2. The van der Waals surface area contributed by atoms with Crippen molar-refractivity contribution < 1.29 is 47.3 Å². The molecule has 4 N–H and O–H groups in total. The third-order valence-corrected chi connectivity index (χ3v) is 14.1. The summed E-state index contributed by atoms with van der Waals surface area (Å²) in [6, 6.07) is 0.577. The van der Waals surface area contributed by atoms with Crippen LogP contribution in [0.2, 0.25) is 51.9 Å². The average Bonchev–Trinajstić information content (AvgIpc) is 2.67. The van der Waals surface area contributed by atoms with Crippen LogP contribution in [-0.2, 0) is 32.0 Å². The van der Waals surface area contributed by atoms with E-state index in [2.05, 4.69) is 49.3 Å². The summed E-state index contributed by atoms with van der Waals surface area (Å²) in [5, 5.41) is 33.0. The van der Waals surface area contributed by atoms with Gasteiger partial charge in [0, 0.05) is 6.42 Å². The molecule has 1 rings (SSSR count). The lowest BCUT2D eigenvalue weighted by Crippen LogP contribution is -2.57. The first-order valence-electron chi connectivity index (χ1n) is 11.0. The van der Waals surface area contributed by atoms with Crippen LogP contribution in [0.5, 0.6) is 0 Å². The number of hydrogen-bond acceptors (Lipinski definition) is 10. The lowest BCUT2D eigenvalue weighted by Gasteiger charge is -2.41. The Bertz CT molecular complexity index is 639. The molecule has 1 aliphatic heterocycles. The molecule has 0 spiro atoms. The van der Waals surface area contributed by atoms with Crippen molar-refractivity contribution in [1.82, 2.24) is 5.32 Å². The van der Waals surface area contributed by atoms with E-state index in [1.807, 2.05) is 6.55 Å². The van der Waals surface area contributed by atoms with Gasteiger partial charge in [0.05, 0.1) is 13.7 Å². The molecule has 0 aromatic carbocycles. The molecule has 1 amide bonds. The predicted octanol–water partition coefficient (Wildman–Crippen LogP) is 0.265. The van der Waals surface area contributed by atoms with Crippen molar-refractivity contribution in [3.8, 4) is 0 Å². The molecule has 1 aliphatic rings. The number of carbonyl (C=O) groups excluding carboxylic acids is 2. The fraction of sp³-hybridized carbons (Fsp3) is 0.895. The molecular weight excluding hydrogens is 486 g/mol. The average molecular weight is 528 g/mol. The Morgan fingerprint density at radius 1 is 1.06 bits per heavy atom. The van der Waals surface area contributed by atoms with Crippen LogP contribution in [0, 0.1) is 0 Å². The lowest BCUT2D eigenvalue weighted by atomic mass is 10.0. The van der Waals surface area contributed by atoms with E-state index in [1.54, 1.807) is 0 Å². The zero-order valence-electron chi connectivity index (χ0n) is 20.9. The fourth-order valence-corrected chi connectivity index (χ4v) is 16.0. The van der Waals surface area contributed by atoms with Gasteiger partial charge in [-0.3, -0.25) is 9.59 Å². The standard InChI is InChI=1S/C19H41NO10Si3/c1-26-14(22)11-20-19(25)17(24)16(23)18-13(21)12-27-15(28-18)9-10-33(8,29-31(2,3)4)30-32(5,6)7/h13,15-18,21,23-24H,9-12H2,1-8H3,(H,20,25)/t13-,15?,16-,17-,18-/m1/s1. The summed E-state index contributed by atoms with van der Waals surface area (Å²) in [7, 11) is -5.16. The lowest BCUT2D eigenvalue weighted by molar-refractivity contribution is -0.278. The minimum atomic E-state index is -2.55. The van der Waals surface area contributed by atoms with Crippen LogP contribution >= 0.6 is 0 Å². The summed E-state index contributed by atoms with van der Waals surface area (Å²) in [6.07, 6.45) is -6.54. The van der Waals surface area contributed by atoms with Gasteiger partial charge in [-0.1, -0.05) is 0 Å². The Morgan fingerprint density at radius 3 is 2.09 bits per heavy atom. The highest BCUT2D eigenvalue weighted by molar-refractivity contribution is 6.87. The van der Waals surface area contributed by atoms with E-state index < -0.39 is 74.3 Å². The molecule has 1 fully saturated rings. The zero-order chi connectivity index (χ0) is 25.6. The summed E-state index contributed by atoms with van der Waals surface area (Å²) >= 11 is 0. The number of ether oxygens (including phenoxy) is 3. The van der Waals surface area contributed by atoms with Gasteiger partial charge in [0.2, 0.25) is 0 Å². The summed E-state index contributed by atoms with van der Waals surface area (Å²) in [4.78, 5) is 23.2. The number of aliphatic hydroxyl groups excluding tert-OH is 3. The van der Waals surface area contributed by atoms with E-state index in [0.717, 1.165) is 7.11 Å². The molecule has 0 aromatic rings. The van der Waals surface area contributed by atoms with Crippen molar-refractivity contribution in [2.75, 3.05) is 20.3 Å². The van der Waals surface area contributed by atoms with E-state index in [0.29, 0.717) is 12.5 Å². The maximum atomic E-state index is 12.0. The maximum absolute atomic E-state index is 12.0. The maximum Gasteiger partial charge on any atom is 0.325 e. The molecule has 0 aromatic heterocycles.